The van der Waals surface area contributed by atoms with Crippen molar-refractivity contribution in [3.63, 3.8) is 0 Å². The van der Waals surface area contributed by atoms with Crippen LogP contribution < -0.4 is 0 Å². The van der Waals surface area contributed by atoms with Crippen LogP contribution in [-0.2, 0) is 6.54 Å². The number of benzene rings is 1. The second-order valence-corrected chi connectivity index (χ2v) is 4.55. The van der Waals surface area contributed by atoms with Gasteiger partial charge in [0.1, 0.15) is 0 Å². The van der Waals surface area contributed by atoms with Crippen molar-refractivity contribution in [1.29, 1.82) is 0 Å². The van der Waals surface area contributed by atoms with Crippen LogP contribution in [0.15, 0.2) is 30.3 Å². The fraction of sp³-hybridized carbons (Fsp3) is 0.538. The topological polar surface area (TPSA) is 6.48 Å². The van der Waals surface area contributed by atoms with E-state index in [1.54, 1.807) is 0 Å². The number of hydrogen-bond donors (Lipinski definition) is 0. The Kier molecular flexibility index (Phi) is 3.39. The fourth-order valence-corrected chi connectivity index (χ4v) is 2.11. The van der Waals surface area contributed by atoms with Crippen molar-refractivity contribution in [3.05, 3.63) is 35.9 Å². The third-order valence-electron chi connectivity index (χ3n) is 3.29. The highest BCUT2D eigenvalue weighted by Crippen LogP contribution is 2.11. The van der Waals surface area contributed by atoms with E-state index in [0.717, 1.165) is 6.54 Å². The highest BCUT2D eigenvalue weighted by atomic mass is 15.3. The summed E-state index contributed by atoms with van der Waals surface area (Å²) >= 11 is 0. The zero-order valence-corrected chi connectivity index (χ0v) is 9.69. The van der Waals surface area contributed by atoms with E-state index in [1.807, 2.05) is 0 Å². The van der Waals surface area contributed by atoms with E-state index < -0.39 is 0 Å². The second kappa shape index (κ2) is 4.77. The standard InChI is InChI=1S/C13H20N2/c1-12-10-15(9-8-14(12)2)11-13-6-4-3-5-7-13/h3-7,12H,8-11H2,1-2H3/t12-/m0/s1. The van der Waals surface area contributed by atoms with Crippen LogP contribution in [0.5, 0.6) is 0 Å². The molecule has 0 aliphatic carbocycles. The van der Waals surface area contributed by atoms with Crippen molar-refractivity contribution in [3.8, 4) is 0 Å². The van der Waals surface area contributed by atoms with Crippen molar-refractivity contribution >= 4 is 0 Å². The highest BCUT2D eigenvalue weighted by Gasteiger charge is 2.20. The van der Waals surface area contributed by atoms with E-state index in [2.05, 4.69) is 54.1 Å². The van der Waals surface area contributed by atoms with Crippen LogP contribution in [0.2, 0.25) is 0 Å². The molecule has 0 saturated carbocycles. The molecule has 0 radical (unpaired) electrons. The van der Waals surface area contributed by atoms with E-state index in [4.69, 9.17) is 0 Å². The first-order chi connectivity index (χ1) is 7.25. The molecule has 1 aliphatic heterocycles. The molecular weight excluding hydrogens is 184 g/mol. The van der Waals surface area contributed by atoms with Gasteiger partial charge in [-0.2, -0.15) is 0 Å². The Bertz CT molecular complexity index is 297. The lowest BCUT2D eigenvalue weighted by Crippen LogP contribution is -2.49. The first kappa shape index (κ1) is 10.7. The molecule has 1 saturated heterocycles. The van der Waals surface area contributed by atoms with Gasteiger partial charge in [0.2, 0.25) is 0 Å². The van der Waals surface area contributed by atoms with Crippen molar-refractivity contribution in [1.82, 2.24) is 9.80 Å². The molecule has 0 bridgehead atoms. The average molecular weight is 204 g/mol. The largest absolute Gasteiger partial charge is 0.301 e. The first-order valence-corrected chi connectivity index (χ1v) is 5.72. The quantitative estimate of drug-likeness (QED) is 0.725. The SMILES string of the molecule is C[C@H]1CN(Cc2ccccc2)CCN1C. The molecule has 0 aromatic heterocycles. The van der Waals surface area contributed by atoms with Gasteiger partial charge in [-0.3, -0.25) is 4.90 Å². The summed E-state index contributed by atoms with van der Waals surface area (Å²) < 4.78 is 0. The number of likely N-dealkylation sites (N-methyl/N-ethyl adjacent to an activating group) is 1. The Morgan fingerprint density at radius 1 is 1.20 bits per heavy atom. The van der Waals surface area contributed by atoms with Crippen LogP contribution in [0.4, 0.5) is 0 Å². The summed E-state index contributed by atoms with van der Waals surface area (Å²) in [6.07, 6.45) is 0. The van der Waals surface area contributed by atoms with Gasteiger partial charge in [0.15, 0.2) is 0 Å². The lowest BCUT2D eigenvalue weighted by Gasteiger charge is -2.37. The first-order valence-electron chi connectivity index (χ1n) is 5.72. The minimum absolute atomic E-state index is 0.683. The Hall–Kier alpha value is -0.860. The van der Waals surface area contributed by atoms with E-state index in [0.29, 0.717) is 6.04 Å². The van der Waals surface area contributed by atoms with Gasteiger partial charge < -0.3 is 4.90 Å². The summed E-state index contributed by atoms with van der Waals surface area (Å²) in [6, 6.07) is 11.4. The molecule has 82 valence electrons. The number of piperazine rings is 1. The summed E-state index contributed by atoms with van der Waals surface area (Å²) in [5, 5.41) is 0. The molecule has 2 nitrogen and oxygen atoms in total. The molecule has 1 fully saturated rings. The molecule has 0 N–H and O–H groups in total. The zero-order chi connectivity index (χ0) is 10.7. The molecule has 1 aromatic rings. The van der Waals surface area contributed by atoms with E-state index in [1.165, 1.54) is 25.2 Å². The smallest absolute Gasteiger partial charge is 0.0234 e. The molecule has 0 spiro atoms. The molecule has 15 heavy (non-hydrogen) atoms. The minimum atomic E-state index is 0.683. The van der Waals surface area contributed by atoms with E-state index >= 15 is 0 Å². The summed E-state index contributed by atoms with van der Waals surface area (Å²) in [5.41, 5.74) is 1.43. The van der Waals surface area contributed by atoms with Gasteiger partial charge in [0, 0.05) is 32.2 Å². The fourth-order valence-electron chi connectivity index (χ4n) is 2.11. The van der Waals surface area contributed by atoms with Crippen molar-refractivity contribution in [2.75, 3.05) is 26.7 Å². The van der Waals surface area contributed by atoms with Gasteiger partial charge in [-0.25, -0.2) is 0 Å². The zero-order valence-electron chi connectivity index (χ0n) is 9.69. The molecule has 1 aromatic carbocycles. The molecule has 2 heteroatoms. The Balaban J connectivity index is 1.91. The molecular formula is C13H20N2. The second-order valence-electron chi connectivity index (χ2n) is 4.55. The van der Waals surface area contributed by atoms with E-state index in [9.17, 15) is 0 Å². The van der Waals surface area contributed by atoms with Gasteiger partial charge in [0.05, 0.1) is 0 Å². The maximum atomic E-state index is 2.54. The molecule has 1 atom stereocenters. The summed E-state index contributed by atoms with van der Waals surface area (Å²) in [6.45, 7) is 6.96. The monoisotopic (exact) mass is 204 g/mol. The third-order valence-corrected chi connectivity index (χ3v) is 3.29. The summed E-state index contributed by atoms with van der Waals surface area (Å²) in [5.74, 6) is 0. The van der Waals surface area contributed by atoms with Crippen LogP contribution >= 0.6 is 0 Å². The maximum absolute atomic E-state index is 2.54. The van der Waals surface area contributed by atoms with Crippen molar-refractivity contribution < 1.29 is 0 Å². The predicted octanol–water partition coefficient (Wildman–Crippen LogP) is 1.82. The third kappa shape index (κ3) is 2.80. The van der Waals surface area contributed by atoms with Crippen molar-refractivity contribution in [2.45, 2.75) is 19.5 Å². The number of hydrogen-bond acceptors (Lipinski definition) is 2. The van der Waals surface area contributed by atoms with E-state index in [-0.39, 0.29) is 0 Å². The van der Waals surface area contributed by atoms with Gasteiger partial charge in [0.25, 0.3) is 0 Å². The Morgan fingerprint density at radius 2 is 1.93 bits per heavy atom. The van der Waals surface area contributed by atoms with Gasteiger partial charge in [-0.1, -0.05) is 30.3 Å². The summed E-state index contributed by atoms with van der Waals surface area (Å²) in [7, 11) is 2.21. The molecule has 0 unspecified atom stereocenters. The molecule has 1 aliphatic rings. The minimum Gasteiger partial charge on any atom is -0.301 e. The van der Waals surface area contributed by atoms with Crippen LogP contribution in [0, 0.1) is 0 Å². The van der Waals surface area contributed by atoms with Crippen LogP contribution in [0.25, 0.3) is 0 Å². The van der Waals surface area contributed by atoms with Crippen LogP contribution in [0.3, 0.4) is 0 Å². The summed E-state index contributed by atoms with van der Waals surface area (Å²) in [4.78, 5) is 4.97. The Morgan fingerprint density at radius 3 is 2.60 bits per heavy atom. The lowest BCUT2D eigenvalue weighted by molar-refractivity contribution is 0.1000. The number of nitrogens with zero attached hydrogens (tertiary/aromatic N) is 2. The lowest BCUT2D eigenvalue weighted by atomic mass is 10.1. The van der Waals surface area contributed by atoms with Crippen LogP contribution in [-0.4, -0.2) is 42.5 Å². The van der Waals surface area contributed by atoms with Gasteiger partial charge in [-0.15, -0.1) is 0 Å². The average Bonchev–Trinajstić information content (AvgIpc) is 2.25. The number of rotatable bonds is 2. The molecule has 0 amide bonds. The highest BCUT2D eigenvalue weighted by molar-refractivity contribution is 5.14. The van der Waals surface area contributed by atoms with Crippen molar-refractivity contribution in [2.24, 2.45) is 0 Å². The van der Waals surface area contributed by atoms with Gasteiger partial charge >= 0.3 is 0 Å². The Labute approximate surface area is 92.5 Å². The van der Waals surface area contributed by atoms with Gasteiger partial charge in [-0.05, 0) is 19.5 Å². The van der Waals surface area contributed by atoms with Crippen LogP contribution in [0.1, 0.15) is 12.5 Å². The molecule has 2 rings (SSSR count). The predicted molar refractivity (Wildman–Crippen MR) is 63.8 cm³/mol. The maximum Gasteiger partial charge on any atom is 0.0234 e. The normalized spacial score (nSPS) is 24.3. The molecule has 1 heterocycles.